The van der Waals surface area contributed by atoms with E-state index < -0.39 is 10.0 Å². The third kappa shape index (κ3) is 7.47. The molecule has 0 aliphatic carbocycles. The lowest BCUT2D eigenvalue weighted by molar-refractivity contribution is 0.228. The number of nitrogens with two attached hydrogens (primary N) is 1. The summed E-state index contributed by atoms with van der Waals surface area (Å²) in [4.78, 5) is 2.50. The predicted molar refractivity (Wildman–Crippen MR) is 158 cm³/mol. The van der Waals surface area contributed by atoms with E-state index in [9.17, 15) is 8.42 Å². The Kier molecular flexibility index (Phi) is 9.77. The van der Waals surface area contributed by atoms with Crippen molar-refractivity contribution in [2.75, 3.05) is 19.6 Å². The summed E-state index contributed by atoms with van der Waals surface area (Å²) >= 11 is 0. The smallest absolute Gasteiger partial charge is 0.241 e. The molecular formula is C31H41N3O3S. The number of benzene rings is 2. The van der Waals surface area contributed by atoms with Crippen LogP contribution in [-0.4, -0.2) is 38.5 Å². The molecule has 1 saturated heterocycles. The molecule has 3 aromatic rings. The Bertz CT molecular complexity index is 1360. The molecule has 0 unspecified atom stereocenters. The van der Waals surface area contributed by atoms with E-state index in [4.69, 9.17) is 10.2 Å². The van der Waals surface area contributed by atoms with Gasteiger partial charge in [0, 0.05) is 41.8 Å². The van der Waals surface area contributed by atoms with Crippen molar-refractivity contribution in [3.8, 4) is 11.3 Å². The van der Waals surface area contributed by atoms with Crippen molar-refractivity contribution in [2.24, 2.45) is 11.7 Å². The van der Waals surface area contributed by atoms with Crippen LogP contribution in [0, 0.1) is 5.92 Å². The summed E-state index contributed by atoms with van der Waals surface area (Å²) in [5, 5.41) is 0.951. The number of hydrogen-bond acceptors (Lipinski definition) is 5. The molecule has 1 aliphatic rings. The summed E-state index contributed by atoms with van der Waals surface area (Å²) in [6.07, 6.45) is 5.69. The number of furan rings is 1. The Hall–Kier alpha value is -3.13. The van der Waals surface area contributed by atoms with Gasteiger partial charge in [0.05, 0.1) is 4.90 Å². The fourth-order valence-corrected chi connectivity index (χ4v) is 5.92. The third-order valence-corrected chi connectivity index (χ3v) is 8.34. The van der Waals surface area contributed by atoms with Crippen LogP contribution in [0.15, 0.2) is 100 Å². The Morgan fingerprint density at radius 1 is 1.16 bits per heavy atom. The average Bonchev–Trinajstić information content (AvgIpc) is 3.32. The van der Waals surface area contributed by atoms with E-state index in [1.54, 1.807) is 24.3 Å². The molecule has 0 atom stereocenters. The summed E-state index contributed by atoms with van der Waals surface area (Å²) in [5.74, 6) is 0.890. The van der Waals surface area contributed by atoms with Crippen molar-refractivity contribution in [3.63, 3.8) is 0 Å². The number of allylic oxidation sites excluding steroid dienone is 2. The highest BCUT2D eigenvalue weighted by atomic mass is 32.2. The number of nitrogens with zero attached hydrogens (tertiary/aromatic N) is 1. The monoisotopic (exact) mass is 535 g/mol. The minimum atomic E-state index is -3.65. The highest BCUT2D eigenvalue weighted by molar-refractivity contribution is 7.89. The first-order valence-corrected chi connectivity index (χ1v) is 14.5. The molecule has 3 N–H and O–H groups in total. The van der Waals surface area contributed by atoms with Gasteiger partial charge in [0.25, 0.3) is 0 Å². The summed E-state index contributed by atoms with van der Waals surface area (Å²) in [7, 11) is -3.65. The van der Waals surface area contributed by atoms with E-state index in [1.807, 2.05) is 70.2 Å². The zero-order valence-electron chi connectivity index (χ0n) is 23.0. The molecule has 1 fully saturated rings. The van der Waals surface area contributed by atoms with Crippen LogP contribution < -0.4 is 10.5 Å². The van der Waals surface area contributed by atoms with Crippen LogP contribution in [0.1, 0.15) is 40.5 Å². The molecular weight excluding hydrogens is 494 g/mol. The maximum Gasteiger partial charge on any atom is 0.241 e. The quantitative estimate of drug-likeness (QED) is 0.322. The number of piperidine rings is 1. The molecule has 1 aromatic heterocycles. The van der Waals surface area contributed by atoms with Gasteiger partial charge in [-0.05, 0) is 76.3 Å². The maximum atomic E-state index is 13.1. The topological polar surface area (TPSA) is 88.6 Å². The van der Waals surface area contributed by atoms with Gasteiger partial charge in [-0.3, -0.25) is 0 Å². The molecule has 0 amide bonds. The second kappa shape index (κ2) is 12.6. The van der Waals surface area contributed by atoms with Gasteiger partial charge in [-0.2, -0.15) is 0 Å². The van der Waals surface area contributed by atoms with Crippen molar-refractivity contribution in [2.45, 2.75) is 51.0 Å². The van der Waals surface area contributed by atoms with Gasteiger partial charge in [-0.1, -0.05) is 55.6 Å². The highest BCUT2D eigenvalue weighted by Crippen LogP contribution is 2.32. The number of hydrogen-bond donors (Lipinski definition) is 2. The van der Waals surface area contributed by atoms with Gasteiger partial charge < -0.3 is 15.1 Å². The van der Waals surface area contributed by atoms with Crippen LogP contribution in [0.2, 0.25) is 0 Å². The van der Waals surface area contributed by atoms with Crippen molar-refractivity contribution < 1.29 is 12.8 Å². The molecule has 7 heteroatoms. The molecule has 0 bridgehead atoms. The van der Waals surface area contributed by atoms with Crippen LogP contribution in [0.5, 0.6) is 0 Å². The Balaban J connectivity index is 0.000000383. The molecule has 0 saturated carbocycles. The largest absolute Gasteiger partial charge is 0.456 e. The average molecular weight is 536 g/mol. The Morgan fingerprint density at radius 2 is 1.79 bits per heavy atom. The lowest BCUT2D eigenvalue weighted by Gasteiger charge is -2.33. The second-order valence-electron chi connectivity index (χ2n) is 10.3. The van der Waals surface area contributed by atoms with E-state index in [0.717, 1.165) is 48.2 Å². The first kappa shape index (κ1) is 29.4. The summed E-state index contributed by atoms with van der Waals surface area (Å²) in [6, 6.07) is 16.6. The van der Waals surface area contributed by atoms with Crippen molar-refractivity contribution in [1.29, 1.82) is 0 Å². The molecule has 0 spiro atoms. The van der Waals surface area contributed by atoms with Gasteiger partial charge in [0.1, 0.15) is 11.3 Å². The fourth-order valence-electron chi connectivity index (χ4n) is 4.60. The zero-order chi connectivity index (χ0) is 27.9. The van der Waals surface area contributed by atoms with Gasteiger partial charge in [-0.25, -0.2) is 13.1 Å². The lowest BCUT2D eigenvalue weighted by atomic mass is 9.95. The molecule has 204 valence electrons. The number of rotatable bonds is 8. The second-order valence-corrected chi connectivity index (χ2v) is 12.1. The standard InChI is InChI=1S/C23H26N2O3S.C8H15N/c1-17(2)25-13-11-18(12-14-25)16-24-29(26,27)23-10-6-4-8-20(23)22-15-19-7-3-5-9-21(19)28-22;1-5-7(6-2)8(3,4)9/h3-10,15,18,24H,1,11-14,16H2,2H3;5-6H,1,9H2,2-4H3/b;7-6+. The number of sulfonamides is 1. The van der Waals surface area contributed by atoms with Crippen LogP contribution in [-0.2, 0) is 10.0 Å². The number of nitrogens with one attached hydrogen (secondary N) is 1. The molecule has 6 nitrogen and oxygen atoms in total. The van der Waals surface area contributed by atoms with E-state index in [1.165, 1.54) is 0 Å². The molecule has 1 aliphatic heterocycles. The van der Waals surface area contributed by atoms with Gasteiger partial charge in [0.15, 0.2) is 0 Å². The lowest BCUT2D eigenvalue weighted by Crippen LogP contribution is -2.37. The van der Waals surface area contributed by atoms with Gasteiger partial charge >= 0.3 is 0 Å². The van der Waals surface area contributed by atoms with Crippen LogP contribution in [0.25, 0.3) is 22.3 Å². The van der Waals surface area contributed by atoms with Gasteiger partial charge in [0.2, 0.25) is 10.0 Å². The number of para-hydroxylation sites is 1. The number of fused-ring (bicyclic) bond motifs is 1. The molecule has 2 aromatic carbocycles. The predicted octanol–water partition coefficient (Wildman–Crippen LogP) is 6.48. The molecule has 2 heterocycles. The van der Waals surface area contributed by atoms with Crippen LogP contribution in [0.3, 0.4) is 0 Å². The Labute approximate surface area is 228 Å². The van der Waals surface area contributed by atoms with Crippen molar-refractivity contribution in [1.82, 2.24) is 9.62 Å². The van der Waals surface area contributed by atoms with E-state index in [0.29, 0.717) is 23.8 Å². The first-order valence-electron chi connectivity index (χ1n) is 13.0. The normalized spacial score (nSPS) is 15.2. The minimum Gasteiger partial charge on any atom is -0.456 e. The maximum absolute atomic E-state index is 13.1. The molecule has 38 heavy (non-hydrogen) atoms. The molecule has 4 rings (SSSR count). The van der Waals surface area contributed by atoms with Crippen LogP contribution >= 0.6 is 0 Å². The van der Waals surface area contributed by atoms with E-state index >= 15 is 0 Å². The number of likely N-dealkylation sites (tertiary alicyclic amines) is 1. The summed E-state index contributed by atoms with van der Waals surface area (Å²) in [5.41, 5.74) is 9.00. The van der Waals surface area contributed by atoms with Crippen LogP contribution in [0.4, 0.5) is 0 Å². The summed E-state index contributed by atoms with van der Waals surface area (Å²) in [6.45, 7) is 17.8. The molecule has 0 radical (unpaired) electrons. The SMILES string of the molecule is C=C(C)N1CCC(CNS(=O)(=O)c2ccccc2-c2cc3ccccc3o2)CC1.C=C/C(=C\C)C(C)(C)N. The van der Waals surface area contributed by atoms with Crippen molar-refractivity contribution in [3.05, 3.63) is 91.2 Å². The minimum absolute atomic E-state index is 0.240. The van der Waals surface area contributed by atoms with E-state index in [2.05, 4.69) is 22.8 Å². The van der Waals surface area contributed by atoms with E-state index in [-0.39, 0.29) is 10.4 Å². The zero-order valence-corrected chi connectivity index (χ0v) is 23.9. The first-order chi connectivity index (χ1) is 18.0. The van der Waals surface area contributed by atoms with Crippen molar-refractivity contribution >= 4 is 21.0 Å². The van der Waals surface area contributed by atoms with Gasteiger partial charge in [-0.15, -0.1) is 0 Å². The fraction of sp³-hybridized carbons (Fsp3) is 0.355. The Morgan fingerprint density at radius 3 is 2.34 bits per heavy atom. The highest BCUT2D eigenvalue weighted by Gasteiger charge is 2.24. The summed E-state index contributed by atoms with van der Waals surface area (Å²) < 4.78 is 34.9. The third-order valence-electron chi connectivity index (χ3n) is 6.86.